The molecule has 6 nitrogen and oxygen atoms in total. The van der Waals surface area contributed by atoms with Crippen LogP contribution in [0, 0.1) is 0 Å². The molecule has 0 saturated carbocycles. The Balaban J connectivity index is 2.57. The van der Waals surface area contributed by atoms with E-state index in [0.717, 1.165) is 9.75 Å². The van der Waals surface area contributed by atoms with Crippen LogP contribution in [-0.2, 0) is 9.47 Å². The van der Waals surface area contributed by atoms with Crippen molar-refractivity contribution in [2.75, 3.05) is 13.2 Å². The SMILES string of the molecule is CCOC(=O)/N=C/c1ccc(/C=N/C(=O)OCC)s1. The predicted molar refractivity (Wildman–Crippen MR) is 73.6 cm³/mol. The number of aliphatic imine (C=N–C) groups is 2. The number of thiophene rings is 1. The zero-order valence-electron chi connectivity index (χ0n) is 10.7. The second-order valence-electron chi connectivity index (χ2n) is 3.15. The number of nitrogens with zero attached hydrogens (tertiary/aromatic N) is 2. The molecular weight excluding hydrogens is 268 g/mol. The summed E-state index contributed by atoms with van der Waals surface area (Å²) in [7, 11) is 0. The molecule has 0 aliphatic heterocycles. The lowest BCUT2D eigenvalue weighted by atomic mass is 10.4. The summed E-state index contributed by atoms with van der Waals surface area (Å²) < 4.78 is 9.31. The van der Waals surface area contributed by atoms with Gasteiger partial charge >= 0.3 is 12.2 Å². The lowest BCUT2D eigenvalue weighted by Crippen LogP contribution is -1.97. The fourth-order valence-corrected chi connectivity index (χ4v) is 1.82. The van der Waals surface area contributed by atoms with Gasteiger partial charge in [-0.15, -0.1) is 11.3 Å². The molecule has 1 rings (SSSR count). The fourth-order valence-electron chi connectivity index (χ4n) is 1.06. The van der Waals surface area contributed by atoms with Gasteiger partial charge in [0.25, 0.3) is 0 Å². The van der Waals surface area contributed by atoms with Crippen molar-refractivity contribution in [1.29, 1.82) is 0 Å². The van der Waals surface area contributed by atoms with Crippen LogP contribution in [0.1, 0.15) is 23.6 Å². The van der Waals surface area contributed by atoms with Crippen LogP contribution in [0.15, 0.2) is 22.1 Å². The average Bonchev–Trinajstić information content (AvgIpc) is 2.83. The molecule has 0 spiro atoms. The summed E-state index contributed by atoms with van der Waals surface area (Å²) >= 11 is 1.34. The maximum absolute atomic E-state index is 11.0. The zero-order chi connectivity index (χ0) is 14.1. The standard InChI is InChI=1S/C12H14N2O4S/c1-3-17-11(15)13-7-9-5-6-10(19-9)8-14-12(16)18-4-2/h5-8H,3-4H2,1-2H3/b13-7+,14-8+. The van der Waals surface area contributed by atoms with Gasteiger partial charge in [-0.2, -0.15) is 9.98 Å². The Morgan fingerprint density at radius 3 is 1.84 bits per heavy atom. The minimum Gasteiger partial charge on any atom is -0.448 e. The largest absolute Gasteiger partial charge is 0.448 e. The zero-order valence-corrected chi connectivity index (χ0v) is 11.5. The van der Waals surface area contributed by atoms with Gasteiger partial charge in [0.1, 0.15) is 0 Å². The highest BCUT2D eigenvalue weighted by Crippen LogP contribution is 2.12. The summed E-state index contributed by atoms with van der Waals surface area (Å²) in [5, 5.41) is 0. The molecule has 0 saturated heterocycles. The van der Waals surface area contributed by atoms with E-state index in [1.54, 1.807) is 26.0 Å². The van der Waals surface area contributed by atoms with Crippen LogP contribution in [-0.4, -0.2) is 37.8 Å². The van der Waals surface area contributed by atoms with E-state index in [2.05, 4.69) is 19.5 Å². The van der Waals surface area contributed by atoms with E-state index in [9.17, 15) is 9.59 Å². The quantitative estimate of drug-likeness (QED) is 0.795. The Labute approximate surface area is 114 Å². The van der Waals surface area contributed by atoms with Crippen LogP contribution in [0.5, 0.6) is 0 Å². The van der Waals surface area contributed by atoms with Gasteiger partial charge in [-0.3, -0.25) is 0 Å². The van der Waals surface area contributed by atoms with Gasteiger partial charge in [-0.1, -0.05) is 0 Å². The smallest absolute Gasteiger partial charge is 0.433 e. The molecule has 0 aromatic carbocycles. The van der Waals surface area contributed by atoms with Crippen molar-refractivity contribution in [3.63, 3.8) is 0 Å². The van der Waals surface area contributed by atoms with Gasteiger partial charge in [0.2, 0.25) is 0 Å². The Morgan fingerprint density at radius 2 is 1.47 bits per heavy atom. The first-order valence-corrected chi connectivity index (χ1v) is 6.48. The Morgan fingerprint density at radius 1 is 1.05 bits per heavy atom. The van der Waals surface area contributed by atoms with Crippen LogP contribution in [0.4, 0.5) is 9.59 Å². The summed E-state index contributed by atoms with van der Waals surface area (Å²) in [6.45, 7) is 4.00. The maximum atomic E-state index is 11.0. The van der Waals surface area contributed by atoms with Crippen molar-refractivity contribution in [2.24, 2.45) is 9.98 Å². The molecule has 19 heavy (non-hydrogen) atoms. The summed E-state index contributed by atoms with van der Waals surface area (Å²) in [6.07, 6.45) is 1.56. The van der Waals surface area contributed by atoms with Crippen molar-refractivity contribution in [1.82, 2.24) is 0 Å². The molecule has 0 fully saturated rings. The third-order valence-electron chi connectivity index (χ3n) is 1.78. The topological polar surface area (TPSA) is 77.3 Å². The van der Waals surface area contributed by atoms with E-state index >= 15 is 0 Å². The van der Waals surface area contributed by atoms with Gasteiger partial charge in [0.15, 0.2) is 0 Å². The molecule has 0 unspecified atom stereocenters. The average molecular weight is 282 g/mol. The Bertz CT molecular complexity index is 451. The van der Waals surface area contributed by atoms with Crippen molar-refractivity contribution in [3.05, 3.63) is 21.9 Å². The third-order valence-corrected chi connectivity index (χ3v) is 2.73. The van der Waals surface area contributed by atoms with Crippen LogP contribution in [0.2, 0.25) is 0 Å². The normalized spacial score (nSPS) is 11.1. The molecule has 1 heterocycles. The fraction of sp³-hybridized carbons (Fsp3) is 0.333. The first kappa shape index (κ1) is 15.0. The monoisotopic (exact) mass is 282 g/mol. The molecule has 102 valence electrons. The molecule has 0 atom stereocenters. The highest BCUT2D eigenvalue weighted by Gasteiger charge is 2.00. The predicted octanol–water partition coefficient (Wildman–Crippen LogP) is 2.90. The van der Waals surface area contributed by atoms with E-state index in [4.69, 9.17) is 0 Å². The van der Waals surface area contributed by atoms with Gasteiger partial charge < -0.3 is 9.47 Å². The molecule has 0 aliphatic carbocycles. The Kier molecular flexibility index (Phi) is 6.45. The molecule has 2 amide bonds. The van der Waals surface area contributed by atoms with Crippen molar-refractivity contribution >= 4 is 36.0 Å². The molecule has 0 bridgehead atoms. The first-order chi connectivity index (χ1) is 9.15. The molecule has 7 heteroatoms. The number of carbonyl (C=O) groups is 2. The number of rotatable bonds is 4. The van der Waals surface area contributed by atoms with Gasteiger partial charge in [-0.05, 0) is 26.0 Å². The molecule has 0 N–H and O–H groups in total. The van der Waals surface area contributed by atoms with Crippen LogP contribution in [0.3, 0.4) is 0 Å². The molecule has 0 aliphatic rings. The van der Waals surface area contributed by atoms with Crippen LogP contribution in [0.25, 0.3) is 0 Å². The van der Waals surface area contributed by atoms with Crippen molar-refractivity contribution in [3.8, 4) is 0 Å². The number of ether oxygens (including phenoxy) is 2. The molecule has 0 radical (unpaired) electrons. The maximum Gasteiger partial charge on any atom is 0.433 e. The summed E-state index contributed by atoms with van der Waals surface area (Å²) in [5.41, 5.74) is 0. The number of hydrogen-bond donors (Lipinski definition) is 0. The number of amides is 2. The van der Waals surface area contributed by atoms with E-state index < -0.39 is 12.2 Å². The van der Waals surface area contributed by atoms with E-state index in [1.165, 1.54) is 23.8 Å². The second kappa shape index (κ2) is 8.15. The van der Waals surface area contributed by atoms with Crippen molar-refractivity contribution < 1.29 is 19.1 Å². The van der Waals surface area contributed by atoms with Gasteiger partial charge in [0, 0.05) is 9.75 Å². The third kappa shape index (κ3) is 5.91. The van der Waals surface area contributed by atoms with E-state index in [1.807, 2.05) is 0 Å². The van der Waals surface area contributed by atoms with E-state index in [-0.39, 0.29) is 13.2 Å². The summed E-state index contributed by atoms with van der Waals surface area (Å²) in [4.78, 5) is 30.8. The highest BCUT2D eigenvalue weighted by atomic mass is 32.1. The van der Waals surface area contributed by atoms with Crippen LogP contribution >= 0.6 is 11.3 Å². The highest BCUT2D eigenvalue weighted by molar-refractivity contribution is 7.15. The number of carbonyl (C=O) groups excluding carboxylic acids is 2. The van der Waals surface area contributed by atoms with Gasteiger partial charge in [0.05, 0.1) is 25.6 Å². The second-order valence-corrected chi connectivity index (χ2v) is 4.30. The lowest BCUT2D eigenvalue weighted by Gasteiger charge is -1.92. The molecule has 1 aromatic rings. The summed E-state index contributed by atoms with van der Waals surface area (Å²) in [6, 6.07) is 3.53. The van der Waals surface area contributed by atoms with E-state index in [0.29, 0.717) is 0 Å². The minimum atomic E-state index is -0.627. The van der Waals surface area contributed by atoms with Crippen molar-refractivity contribution in [2.45, 2.75) is 13.8 Å². The first-order valence-electron chi connectivity index (χ1n) is 5.67. The number of hydrogen-bond acceptors (Lipinski definition) is 5. The molecule has 1 aromatic heterocycles. The lowest BCUT2D eigenvalue weighted by molar-refractivity contribution is 0.163. The molecular formula is C12H14N2O4S. The van der Waals surface area contributed by atoms with Gasteiger partial charge in [-0.25, -0.2) is 9.59 Å². The Hall–Kier alpha value is -2.02. The van der Waals surface area contributed by atoms with Crippen LogP contribution < -0.4 is 0 Å². The summed E-state index contributed by atoms with van der Waals surface area (Å²) in [5.74, 6) is 0. The minimum absolute atomic E-state index is 0.290.